The molecule has 1 unspecified atom stereocenters. The third-order valence-corrected chi connectivity index (χ3v) is 3.93. The molecule has 1 aromatic carbocycles. The molecule has 0 aliphatic rings. The highest BCUT2D eigenvalue weighted by Crippen LogP contribution is 2.27. The van der Waals surface area contributed by atoms with Crippen molar-refractivity contribution >= 4 is 23.4 Å². The van der Waals surface area contributed by atoms with Crippen LogP contribution in [0.5, 0.6) is 0 Å². The molecule has 1 N–H and O–H groups in total. The number of hydrogen-bond donors (Lipinski definition) is 1. The molecule has 0 bridgehead atoms. The number of aryl methyl sites for hydroxylation is 1. The Morgan fingerprint density at radius 3 is 2.94 bits per heavy atom. The van der Waals surface area contributed by atoms with Crippen molar-refractivity contribution in [2.75, 3.05) is 5.75 Å². The van der Waals surface area contributed by atoms with E-state index in [1.165, 1.54) is 0 Å². The first-order valence-electron chi connectivity index (χ1n) is 5.64. The second-order valence-electron chi connectivity index (χ2n) is 4.02. The number of pyridine rings is 1. The number of halogens is 1. The highest BCUT2D eigenvalue weighted by Gasteiger charge is 2.10. The van der Waals surface area contributed by atoms with Crippen molar-refractivity contribution in [1.82, 2.24) is 4.98 Å². The monoisotopic (exact) mass is 279 g/mol. The van der Waals surface area contributed by atoms with Crippen LogP contribution in [0.25, 0.3) is 0 Å². The molecule has 18 heavy (non-hydrogen) atoms. The normalized spacial score (nSPS) is 12.4. The lowest BCUT2D eigenvalue weighted by molar-refractivity contribution is 0.203. The predicted octanol–water partition coefficient (Wildman–Crippen LogP) is 3.87. The molecule has 1 atom stereocenters. The Morgan fingerprint density at radius 1 is 1.39 bits per heavy atom. The van der Waals surface area contributed by atoms with E-state index in [1.54, 1.807) is 24.2 Å². The van der Waals surface area contributed by atoms with E-state index in [2.05, 4.69) is 4.98 Å². The van der Waals surface area contributed by atoms with Crippen LogP contribution in [-0.4, -0.2) is 15.8 Å². The van der Waals surface area contributed by atoms with Gasteiger partial charge in [-0.25, -0.2) is 0 Å². The fraction of sp³-hybridized carbons (Fsp3) is 0.214. The van der Waals surface area contributed by atoms with Crippen molar-refractivity contribution in [2.24, 2.45) is 0 Å². The average Bonchev–Trinajstić information content (AvgIpc) is 2.37. The second kappa shape index (κ2) is 6.23. The van der Waals surface area contributed by atoms with Crippen LogP contribution in [0.1, 0.15) is 17.2 Å². The van der Waals surface area contributed by atoms with Crippen LogP contribution in [0.4, 0.5) is 0 Å². The van der Waals surface area contributed by atoms with Crippen molar-refractivity contribution < 1.29 is 5.11 Å². The number of benzene rings is 1. The summed E-state index contributed by atoms with van der Waals surface area (Å²) in [6.45, 7) is 1.95. The number of aromatic nitrogens is 1. The third kappa shape index (κ3) is 3.48. The largest absolute Gasteiger partial charge is 0.388 e. The molecule has 0 aliphatic carbocycles. The number of aliphatic hydroxyl groups excluding tert-OH is 1. The SMILES string of the molecule is Cc1cnccc1C(O)CSc1cccc(Cl)c1. The molecule has 0 fully saturated rings. The Hall–Kier alpha value is -1.03. The molecule has 2 aromatic rings. The molecule has 94 valence electrons. The van der Waals surface area contributed by atoms with Gasteiger partial charge in [-0.3, -0.25) is 4.98 Å². The minimum atomic E-state index is -0.489. The van der Waals surface area contributed by atoms with Crippen molar-refractivity contribution in [1.29, 1.82) is 0 Å². The summed E-state index contributed by atoms with van der Waals surface area (Å²) in [5.41, 5.74) is 1.94. The summed E-state index contributed by atoms with van der Waals surface area (Å²) < 4.78 is 0. The van der Waals surface area contributed by atoms with Gasteiger partial charge in [-0.1, -0.05) is 17.7 Å². The Labute approximate surface area is 116 Å². The number of hydrogen-bond acceptors (Lipinski definition) is 3. The first kappa shape index (κ1) is 13.4. The maximum absolute atomic E-state index is 10.2. The van der Waals surface area contributed by atoms with Crippen molar-refractivity contribution in [3.05, 3.63) is 58.9 Å². The van der Waals surface area contributed by atoms with Gasteiger partial charge in [0.05, 0.1) is 6.10 Å². The topological polar surface area (TPSA) is 33.1 Å². The minimum Gasteiger partial charge on any atom is -0.388 e. The Bertz CT molecular complexity index is 533. The lowest BCUT2D eigenvalue weighted by Crippen LogP contribution is -2.03. The van der Waals surface area contributed by atoms with Crippen LogP contribution in [0.15, 0.2) is 47.6 Å². The lowest BCUT2D eigenvalue weighted by atomic mass is 10.1. The summed E-state index contributed by atoms with van der Waals surface area (Å²) in [4.78, 5) is 5.09. The average molecular weight is 280 g/mol. The van der Waals surface area contributed by atoms with E-state index in [0.717, 1.165) is 21.0 Å². The summed E-state index contributed by atoms with van der Waals surface area (Å²) in [6, 6.07) is 9.50. The van der Waals surface area contributed by atoms with Gasteiger partial charge < -0.3 is 5.11 Å². The maximum atomic E-state index is 10.2. The molecule has 1 aromatic heterocycles. The fourth-order valence-electron chi connectivity index (χ4n) is 1.68. The van der Waals surface area contributed by atoms with Crippen LogP contribution >= 0.6 is 23.4 Å². The van der Waals surface area contributed by atoms with Gasteiger partial charge in [0.25, 0.3) is 0 Å². The van der Waals surface area contributed by atoms with Gasteiger partial charge in [0, 0.05) is 28.1 Å². The summed E-state index contributed by atoms with van der Waals surface area (Å²) in [5, 5.41) is 10.9. The van der Waals surface area contributed by atoms with Crippen LogP contribution in [0.2, 0.25) is 5.02 Å². The molecular weight excluding hydrogens is 266 g/mol. The fourth-order valence-corrected chi connectivity index (χ4v) is 2.85. The zero-order valence-electron chi connectivity index (χ0n) is 10.0. The van der Waals surface area contributed by atoms with Crippen LogP contribution in [-0.2, 0) is 0 Å². The smallest absolute Gasteiger partial charge is 0.0887 e. The first-order valence-corrected chi connectivity index (χ1v) is 7.00. The number of aliphatic hydroxyl groups is 1. The van der Waals surface area contributed by atoms with E-state index in [9.17, 15) is 5.11 Å². The summed E-state index contributed by atoms with van der Waals surface area (Å²) in [6.07, 6.45) is 2.98. The Morgan fingerprint density at radius 2 is 2.22 bits per heavy atom. The van der Waals surface area contributed by atoms with Crippen LogP contribution < -0.4 is 0 Å². The summed E-state index contributed by atoms with van der Waals surface area (Å²) in [7, 11) is 0. The highest BCUT2D eigenvalue weighted by molar-refractivity contribution is 7.99. The van der Waals surface area contributed by atoms with Gasteiger partial charge in [-0.2, -0.15) is 0 Å². The summed E-state index contributed by atoms with van der Waals surface area (Å²) >= 11 is 7.51. The molecule has 4 heteroatoms. The van der Waals surface area contributed by atoms with E-state index >= 15 is 0 Å². The van der Waals surface area contributed by atoms with Crippen molar-refractivity contribution in [3.63, 3.8) is 0 Å². The van der Waals surface area contributed by atoms with Gasteiger partial charge in [0.2, 0.25) is 0 Å². The van der Waals surface area contributed by atoms with E-state index in [-0.39, 0.29) is 0 Å². The molecule has 0 radical (unpaired) electrons. The molecule has 2 rings (SSSR count). The molecule has 2 nitrogen and oxygen atoms in total. The minimum absolute atomic E-state index is 0.489. The second-order valence-corrected chi connectivity index (χ2v) is 5.55. The summed E-state index contributed by atoms with van der Waals surface area (Å²) in [5.74, 6) is 0.602. The zero-order valence-corrected chi connectivity index (χ0v) is 11.6. The molecular formula is C14H14ClNOS. The molecule has 0 aliphatic heterocycles. The van der Waals surface area contributed by atoms with Crippen LogP contribution in [0, 0.1) is 6.92 Å². The van der Waals surface area contributed by atoms with Crippen LogP contribution in [0.3, 0.4) is 0 Å². The predicted molar refractivity (Wildman–Crippen MR) is 76.1 cm³/mol. The molecule has 0 amide bonds. The van der Waals surface area contributed by atoms with Crippen molar-refractivity contribution in [3.8, 4) is 0 Å². The molecule has 0 saturated carbocycles. The van der Waals surface area contributed by atoms with Gasteiger partial charge in [-0.15, -0.1) is 11.8 Å². The van der Waals surface area contributed by atoms with Gasteiger partial charge in [-0.05, 0) is 42.3 Å². The van der Waals surface area contributed by atoms with E-state index in [1.807, 2.05) is 37.3 Å². The van der Waals surface area contributed by atoms with Gasteiger partial charge >= 0.3 is 0 Å². The van der Waals surface area contributed by atoms with Crippen molar-refractivity contribution in [2.45, 2.75) is 17.9 Å². The first-order chi connectivity index (χ1) is 8.66. The standard InChI is InChI=1S/C14H14ClNOS/c1-10-8-16-6-5-13(10)14(17)9-18-12-4-2-3-11(15)7-12/h2-8,14,17H,9H2,1H3. The number of rotatable bonds is 4. The van der Waals surface area contributed by atoms with E-state index < -0.39 is 6.10 Å². The number of thioether (sulfide) groups is 1. The number of nitrogens with zero attached hydrogens (tertiary/aromatic N) is 1. The third-order valence-electron chi connectivity index (χ3n) is 2.63. The molecule has 1 heterocycles. The zero-order chi connectivity index (χ0) is 13.0. The van der Waals surface area contributed by atoms with Gasteiger partial charge in [0.15, 0.2) is 0 Å². The highest BCUT2D eigenvalue weighted by atomic mass is 35.5. The Kier molecular flexibility index (Phi) is 4.64. The maximum Gasteiger partial charge on any atom is 0.0887 e. The van der Waals surface area contributed by atoms with E-state index in [4.69, 9.17) is 11.6 Å². The lowest BCUT2D eigenvalue weighted by Gasteiger charge is -2.12. The quantitative estimate of drug-likeness (QED) is 0.863. The Balaban J connectivity index is 2.00. The van der Waals surface area contributed by atoms with E-state index in [0.29, 0.717) is 5.75 Å². The van der Waals surface area contributed by atoms with Gasteiger partial charge in [0.1, 0.15) is 0 Å². The molecule has 0 saturated heterocycles. The molecule has 0 spiro atoms.